The third-order valence-electron chi connectivity index (χ3n) is 6.55. The maximum Gasteiger partial charge on any atom is 0.422 e. The Labute approximate surface area is 173 Å². The highest BCUT2D eigenvalue weighted by Crippen LogP contribution is 2.42. The van der Waals surface area contributed by atoms with E-state index >= 15 is 0 Å². The van der Waals surface area contributed by atoms with Gasteiger partial charge in [-0.1, -0.05) is 37.3 Å². The molecule has 1 saturated heterocycles. The molecule has 1 aromatic carbocycles. The summed E-state index contributed by atoms with van der Waals surface area (Å²) in [6.45, 7) is 3.30. The van der Waals surface area contributed by atoms with Gasteiger partial charge in [0.05, 0.1) is 5.69 Å². The van der Waals surface area contributed by atoms with E-state index in [1.54, 1.807) is 12.3 Å². The van der Waals surface area contributed by atoms with Crippen molar-refractivity contribution in [2.75, 3.05) is 18.0 Å². The molecule has 0 amide bonds. The number of hydrogen-bond donors (Lipinski definition) is 0. The number of halogens is 3. The molecule has 1 aliphatic heterocycles. The van der Waals surface area contributed by atoms with Crippen LogP contribution in [-0.4, -0.2) is 27.7 Å². The number of nitrogens with zero attached hydrogens (tertiary/aromatic N) is 4. The number of benzene rings is 1. The van der Waals surface area contributed by atoms with E-state index in [4.69, 9.17) is 0 Å². The summed E-state index contributed by atoms with van der Waals surface area (Å²) in [5.41, 5.74) is 0.746. The number of anilines is 1. The molecule has 2 unspecified atom stereocenters. The van der Waals surface area contributed by atoms with Gasteiger partial charge in [0.1, 0.15) is 11.4 Å². The minimum Gasteiger partial charge on any atom is -0.371 e. The number of fused-ring (bicyclic) bond motifs is 1. The molecule has 158 valence electrons. The molecule has 5 rings (SSSR count). The molecule has 4 nitrogen and oxygen atoms in total. The van der Waals surface area contributed by atoms with Crippen molar-refractivity contribution in [1.29, 1.82) is 0 Å². The Hall–Kier alpha value is -2.57. The Morgan fingerprint density at radius 3 is 2.47 bits per heavy atom. The van der Waals surface area contributed by atoms with Crippen LogP contribution in [0.1, 0.15) is 49.1 Å². The molecule has 0 radical (unpaired) electrons. The van der Waals surface area contributed by atoms with Crippen LogP contribution < -0.4 is 4.90 Å². The molecule has 3 heterocycles. The monoisotopic (exact) mass is 414 g/mol. The molecule has 2 fully saturated rings. The van der Waals surface area contributed by atoms with E-state index in [1.165, 1.54) is 9.96 Å². The van der Waals surface area contributed by atoms with Crippen molar-refractivity contribution in [1.82, 2.24) is 14.6 Å². The van der Waals surface area contributed by atoms with Crippen molar-refractivity contribution in [2.24, 2.45) is 11.8 Å². The lowest BCUT2D eigenvalue weighted by molar-refractivity contribution is -0.136. The summed E-state index contributed by atoms with van der Waals surface area (Å²) >= 11 is 0. The topological polar surface area (TPSA) is 33.4 Å². The van der Waals surface area contributed by atoms with Crippen LogP contribution in [-0.2, 0) is 12.6 Å². The average molecular weight is 414 g/mol. The zero-order valence-electron chi connectivity index (χ0n) is 16.9. The van der Waals surface area contributed by atoms with E-state index in [1.807, 2.05) is 23.1 Å². The number of aromatic nitrogens is 3. The van der Waals surface area contributed by atoms with Gasteiger partial charge in [-0.05, 0) is 48.6 Å². The van der Waals surface area contributed by atoms with Crippen LogP contribution in [0.3, 0.4) is 0 Å². The fraction of sp³-hybridized carbons (Fsp3) is 0.478. The maximum atomic E-state index is 14.1. The van der Waals surface area contributed by atoms with Crippen LogP contribution in [0.2, 0.25) is 0 Å². The first kappa shape index (κ1) is 19.4. The van der Waals surface area contributed by atoms with Gasteiger partial charge in [0, 0.05) is 25.7 Å². The van der Waals surface area contributed by atoms with Crippen molar-refractivity contribution < 1.29 is 13.2 Å². The van der Waals surface area contributed by atoms with Gasteiger partial charge in [-0.25, -0.2) is 0 Å². The van der Waals surface area contributed by atoms with Crippen LogP contribution in [0.5, 0.6) is 0 Å². The fourth-order valence-electron chi connectivity index (χ4n) is 4.81. The zero-order chi connectivity index (χ0) is 20.9. The van der Waals surface area contributed by atoms with Crippen molar-refractivity contribution in [2.45, 2.75) is 44.7 Å². The standard InChI is InChI=1S/C23H25F3N4/c1-15-14-29(11-9-18(15)17-5-3-2-4-6-17)19-10-12-30-20(13-16-7-8-16)27-28-22(30)21(19)23(24,25)26/h2-6,10,12,15-16,18H,7-9,11,13-14H2,1H3. The van der Waals surface area contributed by atoms with Gasteiger partial charge >= 0.3 is 6.18 Å². The first-order valence-corrected chi connectivity index (χ1v) is 10.7. The maximum absolute atomic E-state index is 14.1. The second kappa shape index (κ2) is 7.29. The number of hydrogen-bond acceptors (Lipinski definition) is 3. The minimum atomic E-state index is -4.48. The van der Waals surface area contributed by atoms with Crippen LogP contribution in [0.25, 0.3) is 5.65 Å². The molecule has 2 aromatic heterocycles. The number of alkyl halides is 3. The van der Waals surface area contributed by atoms with Gasteiger partial charge in [-0.2, -0.15) is 13.2 Å². The molecule has 1 aliphatic carbocycles. The summed E-state index contributed by atoms with van der Waals surface area (Å²) < 4.78 is 44.0. The van der Waals surface area contributed by atoms with E-state index in [-0.39, 0.29) is 17.3 Å². The SMILES string of the molecule is CC1CN(c2ccn3c(CC4CC4)nnc3c2C(F)(F)F)CCC1c1ccccc1. The number of piperidine rings is 1. The van der Waals surface area contributed by atoms with Gasteiger partial charge in [-0.15, -0.1) is 10.2 Å². The largest absolute Gasteiger partial charge is 0.422 e. The van der Waals surface area contributed by atoms with E-state index in [9.17, 15) is 13.2 Å². The highest BCUT2D eigenvalue weighted by atomic mass is 19.4. The lowest BCUT2D eigenvalue weighted by atomic mass is 9.81. The molecule has 1 saturated carbocycles. The molecule has 2 aliphatic rings. The highest BCUT2D eigenvalue weighted by molar-refractivity contribution is 5.67. The van der Waals surface area contributed by atoms with Crippen LogP contribution >= 0.6 is 0 Å². The summed E-state index contributed by atoms with van der Waals surface area (Å²) in [5, 5.41) is 8.07. The summed E-state index contributed by atoms with van der Waals surface area (Å²) in [4.78, 5) is 1.88. The second-order valence-electron chi connectivity index (χ2n) is 8.76. The van der Waals surface area contributed by atoms with Gasteiger partial charge in [0.2, 0.25) is 0 Å². The third-order valence-corrected chi connectivity index (χ3v) is 6.55. The Kier molecular flexibility index (Phi) is 4.71. The normalized spacial score (nSPS) is 22.6. The number of rotatable bonds is 4. The summed E-state index contributed by atoms with van der Waals surface area (Å²) in [5.74, 6) is 1.77. The zero-order valence-corrected chi connectivity index (χ0v) is 16.9. The molecule has 2 atom stereocenters. The molecule has 3 aromatic rings. The predicted octanol–water partition coefficient (Wildman–Crippen LogP) is 5.33. The summed E-state index contributed by atoms with van der Waals surface area (Å²) in [6, 6.07) is 11.9. The van der Waals surface area contributed by atoms with E-state index in [0.717, 1.165) is 19.3 Å². The predicted molar refractivity (Wildman–Crippen MR) is 110 cm³/mol. The third kappa shape index (κ3) is 3.55. The Bertz CT molecular complexity index is 1040. The minimum absolute atomic E-state index is 0.0755. The average Bonchev–Trinajstić information content (AvgIpc) is 3.45. The molecule has 7 heteroatoms. The molecule has 0 spiro atoms. The van der Waals surface area contributed by atoms with Crippen molar-refractivity contribution in [3.63, 3.8) is 0 Å². The van der Waals surface area contributed by atoms with E-state index in [0.29, 0.717) is 37.2 Å². The van der Waals surface area contributed by atoms with Crippen molar-refractivity contribution in [3.05, 3.63) is 59.5 Å². The summed E-state index contributed by atoms with van der Waals surface area (Å²) in [7, 11) is 0. The Balaban J connectivity index is 1.48. The second-order valence-corrected chi connectivity index (χ2v) is 8.76. The molecule has 30 heavy (non-hydrogen) atoms. The van der Waals surface area contributed by atoms with Gasteiger partial charge in [0.25, 0.3) is 0 Å². The van der Waals surface area contributed by atoms with Gasteiger partial charge in [-0.3, -0.25) is 4.40 Å². The Morgan fingerprint density at radius 2 is 1.80 bits per heavy atom. The quantitative estimate of drug-likeness (QED) is 0.579. The van der Waals surface area contributed by atoms with Gasteiger partial charge in [0.15, 0.2) is 5.65 Å². The first-order chi connectivity index (χ1) is 14.4. The fourth-order valence-corrected chi connectivity index (χ4v) is 4.81. The molecular weight excluding hydrogens is 389 g/mol. The lowest BCUT2D eigenvalue weighted by Gasteiger charge is -2.39. The van der Waals surface area contributed by atoms with Crippen molar-refractivity contribution in [3.8, 4) is 0 Å². The van der Waals surface area contributed by atoms with Crippen LogP contribution in [0, 0.1) is 11.8 Å². The lowest BCUT2D eigenvalue weighted by Crippen LogP contribution is -2.39. The Morgan fingerprint density at radius 1 is 1.03 bits per heavy atom. The number of pyridine rings is 1. The van der Waals surface area contributed by atoms with E-state index < -0.39 is 11.7 Å². The van der Waals surface area contributed by atoms with E-state index in [2.05, 4.69) is 29.3 Å². The van der Waals surface area contributed by atoms with Crippen molar-refractivity contribution >= 4 is 11.3 Å². The molecule has 0 bridgehead atoms. The molecular formula is C23H25F3N4. The summed E-state index contributed by atoms with van der Waals surface area (Å²) in [6.07, 6.45) is 0.984. The van der Waals surface area contributed by atoms with Crippen LogP contribution in [0.15, 0.2) is 42.6 Å². The molecule has 0 N–H and O–H groups in total. The smallest absolute Gasteiger partial charge is 0.371 e. The van der Waals surface area contributed by atoms with Crippen LogP contribution in [0.4, 0.5) is 18.9 Å². The highest BCUT2D eigenvalue weighted by Gasteiger charge is 2.40. The first-order valence-electron chi connectivity index (χ1n) is 10.7. The van der Waals surface area contributed by atoms with Gasteiger partial charge < -0.3 is 4.90 Å².